The number of fused-ring (bicyclic) bond motifs is 2. The molecule has 3 heterocycles. The number of carbonyl (C=O) groups excluding carboxylic acids is 1. The Morgan fingerprint density at radius 3 is 2.83 bits per heavy atom. The maximum atomic E-state index is 13.8. The number of pyridine rings is 1. The second kappa shape index (κ2) is 10.4. The van der Waals surface area contributed by atoms with Crippen LogP contribution in [0.5, 0.6) is 5.75 Å². The highest BCUT2D eigenvalue weighted by Gasteiger charge is 2.27. The molecule has 2 aliphatic heterocycles. The summed E-state index contributed by atoms with van der Waals surface area (Å²) in [7, 11) is 0. The van der Waals surface area contributed by atoms with Crippen molar-refractivity contribution in [3.63, 3.8) is 0 Å². The number of anilines is 1. The summed E-state index contributed by atoms with van der Waals surface area (Å²) in [5, 5.41) is 13.9. The number of benzene rings is 2. The fourth-order valence-electron chi connectivity index (χ4n) is 4.71. The van der Waals surface area contributed by atoms with E-state index in [1.807, 2.05) is 6.07 Å². The number of hydrogen-bond donors (Lipinski definition) is 2. The summed E-state index contributed by atoms with van der Waals surface area (Å²) in [6, 6.07) is 15.3. The number of hydrogen-bond acceptors (Lipinski definition) is 6. The molecule has 0 bridgehead atoms. The molecule has 0 radical (unpaired) electrons. The number of carbonyl (C=O) groups is 1. The lowest BCUT2D eigenvalue weighted by molar-refractivity contribution is 0.0501. The van der Waals surface area contributed by atoms with Crippen LogP contribution in [0.25, 0.3) is 0 Å². The first-order valence-electron chi connectivity index (χ1n) is 11.9. The van der Waals surface area contributed by atoms with Crippen LogP contribution in [0.1, 0.15) is 27.0 Å². The third kappa shape index (κ3) is 5.44. The molecule has 35 heavy (non-hydrogen) atoms. The summed E-state index contributed by atoms with van der Waals surface area (Å²) in [6.45, 7) is 3.50. The molecule has 5 rings (SSSR count). The molecule has 182 valence electrons. The summed E-state index contributed by atoms with van der Waals surface area (Å²) in [6.07, 6.45) is 3.05. The molecule has 0 unspecified atom stereocenters. The standard InChI is InChI=1S/C27H29FN4O3/c28-25-15-29-9-7-20(25)14-30-22-5-6-24-26(13-22)35-12-11-32(27(24)34)18-23(33)17-31-10-8-19-3-1-2-4-21(19)16-31/h1-7,9,13,15,23,30,33H,8,10-12,14,16-18H2/t23-/m1/s1. The SMILES string of the molecule is O=C1c2ccc(NCc3ccncc3F)cc2OCCN1C[C@H](O)CN1CCc2ccccc2C1. The maximum Gasteiger partial charge on any atom is 0.257 e. The van der Waals surface area contributed by atoms with Gasteiger partial charge in [-0.1, -0.05) is 24.3 Å². The van der Waals surface area contributed by atoms with E-state index in [9.17, 15) is 14.3 Å². The van der Waals surface area contributed by atoms with E-state index < -0.39 is 6.10 Å². The maximum absolute atomic E-state index is 13.8. The van der Waals surface area contributed by atoms with Gasteiger partial charge in [0.05, 0.1) is 24.4 Å². The third-order valence-electron chi connectivity index (χ3n) is 6.57. The van der Waals surface area contributed by atoms with Gasteiger partial charge in [-0.3, -0.25) is 14.7 Å². The van der Waals surface area contributed by atoms with Crippen molar-refractivity contribution in [1.82, 2.24) is 14.8 Å². The number of rotatable bonds is 7. The van der Waals surface area contributed by atoms with Gasteiger partial charge in [0.1, 0.15) is 18.2 Å². The first-order valence-corrected chi connectivity index (χ1v) is 11.9. The zero-order valence-corrected chi connectivity index (χ0v) is 19.5. The van der Waals surface area contributed by atoms with Crippen LogP contribution in [0, 0.1) is 5.82 Å². The van der Waals surface area contributed by atoms with Gasteiger partial charge in [-0.15, -0.1) is 0 Å². The Bertz CT molecular complexity index is 1200. The van der Waals surface area contributed by atoms with Gasteiger partial charge in [-0.05, 0) is 35.7 Å². The first kappa shape index (κ1) is 23.3. The van der Waals surface area contributed by atoms with Crippen LogP contribution in [-0.2, 0) is 19.5 Å². The Morgan fingerprint density at radius 2 is 1.97 bits per heavy atom. The molecular weight excluding hydrogens is 447 g/mol. The second-order valence-corrected chi connectivity index (χ2v) is 9.04. The molecular formula is C27H29FN4O3. The smallest absolute Gasteiger partial charge is 0.257 e. The number of β-amino-alcohol motifs (C(OH)–C–C–N with tert-alkyl or cyclic N) is 1. The van der Waals surface area contributed by atoms with Crippen LogP contribution < -0.4 is 10.1 Å². The van der Waals surface area contributed by atoms with Gasteiger partial charge >= 0.3 is 0 Å². The summed E-state index contributed by atoms with van der Waals surface area (Å²) in [5.41, 5.74) is 4.36. The molecule has 3 aromatic rings. The third-order valence-corrected chi connectivity index (χ3v) is 6.57. The minimum Gasteiger partial charge on any atom is -0.491 e. The van der Waals surface area contributed by atoms with Gasteiger partial charge in [-0.25, -0.2) is 4.39 Å². The van der Waals surface area contributed by atoms with Crippen molar-refractivity contribution in [2.45, 2.75) is 25.6 Å². The van der Waals surface area contributed by atoms with E-state index >= 15 is 0 Å². The van der Waals surface area contributed by atoms with Gasteiger partial charge in [0.2, 0.25) is 0 Å². The summed E-state index contributed by atoms with van der Waals surface area (Å²) in [4.78, 5) is 20.9. The van der Waals surface area contributed by atoms with Crippen molar-refractivity contribution in [1.29, 1.82) is 0 Å². The lowest BCUT2D eigenvalue weighted by Gasteiger charge is -2.32. The van der Waals surface area contributed by atoms with Gasteiger partial charge in [0.15, 0.2) is 0 Å². The highest BCUT2D eigenvalue weighted by atomic mass is 19.1. The quantitative estimate of drug-likeness (QED) is 0.546. The van der Waals surface area contributed by atoms with E-state index in [2.05, 4.69) is 33.4 Å². The molecule has 0 spiro atoms. The van der Waals surface area contributed by atoms with E-state index in [-0.39, 0.29) is 18.3 Å². The molecule has 7 nitrogen and oxygen atoms in total. The highest BCUT2D eigenvalue weighted by molar-refractivity contribution is 5.97. The van der Waals surface area contributed by atoms with Crippen molar-refractivity contribution < 1.29 is 19.0 Å². The molecule has 1 amide bonds. The molecule has 2 aliphatic rings. The van der Waals surface area contributed by atoms with Gasteiger partial charge in [0.25, 0.3) is 5.91 Å². The first-order chi connectivity index (χ1) is 17.1. The topological polar surface area (TPSA) is 77.9 Å². The van der Waals surface area contributed by atoms with E-state index in [1.54, 1.807) is 35.4 Å². The molecule has 1 aromatic heterocycles. The van der Waals surface area contributed by atoms with Crippen LogP contribution in [0.15, 0.2) is 60.9 Å². The van der Waals surface area contributed by atoms with Gasteiger partial charge < -0.3 is 20.1 Å². The Hall–Kier alpha value is -3.49. The average Bonchev–Trinajstić information content (AvgIpc) is 3.01. The predicted octanol–water partition coefficient (Wildman–Crippen LogP) is 3.09. The van der Waals surface area contributed by atoms with Crippen LogP contribution in [0.3, 0.4) is 0 Å². The second-order valence-electron chi connectivity index (χ2n) is 9.04. The Morgan fingerprint density at radius 1 is 1.11 bits per heavy atom. The molecule has 0 saturated heterocycles. The minimum absolute atomic E-state index is 0.160. The zero-order chi connectivity index (χ0) is 24.2. The van der Waals surface area contributed by atoms with E-state index in [0.717, 1.165) is 25.2 Å². The van der Waals surface area contributed by atoms with Crippen LogP contribution in [0.2, 0.25) is 0 Å². The number of aliphatic hydroxyl groups is 1. The Kier molecular flexibility index (Phi) is 6.92. The number of aromatic nitrogens is 1. The van der Waals surface area contributed by atoms with Gasteiger partial charge in [-0.2, -0.15) is 0 Å². The predicted molar refractivity (Wildman–Crippen MR) is 131 cm³/mol. The van der Waals surface area contributed by atoms with Crippen molar-refractivity contribution in [3.8, 4) is 5.75 Å². The normalized spacial score (nSPS) is 16.6. The molecule has 0 fully saturated rings. The van der Waals surface area contributed by atoms with Crippen LogP contribution in [0.4, 0.5) is 10.1 Å². The van der Waals surface area contributed by atoms with Crippen LogP contribution >= 0.6 is 0 Å². The Labute approximate surface area is 204 Å². The molecule has 0 aliphatic carbocycles. The largest absolute Gasteiger partial charge is 0.491 e. The van der Waals surface area contributed by atoms with E-state index in [4.69, 9.17) is 4.74 Å². The average molecular weight is 477 g/mol. The number of ether oxygens (including phenoxy) is 1. The van der Waals surface area contributed by atoms with Gasteiger partial charge in [0, 0.05) is 56.2 Å². The number of aliphatic hydroxyl groups excluding tert-OH is 1. The monoisotopic (exact) mass is 476 g/mol. The molecule has 0 saturated carbocycles. The van der Waals surface area contributed by atoms with Crippen molar-refractivity contribution in [2.24, 2.45) is 0 Å². The minimum atomic E-state index is -0.651. The lowest BCUT2D eigenvalue weighted by atomic mass is 10.00. The molecule has 8 heteroatoms. The number of nitrogens with zero attached hydrogens (tertiary/aromatic N) is 3. The fraction of sp³-hybridized carbons (Fsp3) is 0.333. The van der Waals surface area contributed by atoms with E-state index in [0.29, 0.717) is 43.1 Å². The van der Waals surface area contributed by atoms with E-state index in [1.165, 1.54) is 17.3 Å². The summed E-state index contributed by atoms with van der Waals surface area (Å²) >= 11 is 0. The fourth-order valence-corrected chi connectivity index (χ4v) is 4.71. The molecule has 2 aromatic carbocycles. The molecule has 2 N–H and O–H groups in total. The van der Waals surface area contributed by atoms with Crippen molar-refractivity contribution >= 4 is 11.6 Å². The van der Waals surface area contributed by atoms with Crippen LogP contribution in [-0.4, -0.2) is 64.7 Å². The number of nitrogens with one attached hydrogen (secondary N) is 1. The van der Waals surface area contributed by atoms with Crippen molar-refractivity contribution in [2.75, 3.05) is 38.1 Å². The highest BCUT2D eigenvalue weighted by Crippen LogP contribution is 2.27. The molecule has 1 atom stereocenters. The number of halogens is 1. The Balaban J connectivity index is 1.19. The van der Waals surface area contributed by atoms with Crippen molar-refractivity contribution in [3.05, 3.63) is 89.0 Å². The lowest BCUT2D eigenvalue weighted by Crippen LogP contribution is -2.44. The summed E-state index contributed by atoms with van der Waals surface area (Å²) < 4.78 is 19.7. The summed E-state index contributed by atoms with van der Waals surface area (Å²) in [5.74, 6) is -0.0451. The zero-order valence-electron chi connectivity index (χ0n) is 19.5. The number of amides is 1.